The van der Waals surface area contributed by atoms with Crippen molar-refractivity contribution in [2.45, 2.75) is 19.0 Å². The van der Waals surface area contributed by atoms with Gasteiger partial charge in [-0.3, -0.25) is 4.79 Å². The average Bonchev–Trinajstić information content (AvgIpc) is 2.97. The Morgan fingerprint density at radius 3 is 2.57 bits per heavy atom. The van der Waals surface area contributed by atoms with Gasteiger partial charge in [-0.05, 0) is 47.0 Å². The average molecular weight is 342 g/mol. The summed E-state index contributed by atoms with van der Waals surface area (Å²) in [4.78, 5) is 13.5. The largest absolute Gasteiger partial charge is 0.418 e. The van der Waals surface area contributed by atoms with Crippen LogP contribution < -0.4 is 10.2 Å². The molecular weight excluding hydrogens is 325 g/mol. The van der Waals surface area contributed by atoms with E-state index in [1.165, 1.54) is 17.4 Å². The second-order valence-corrected chi connectivity index (χ2v) is 6.08. The van der Waals surface area contributed by atoms with Gasteiger partial charge in [0, 0.05) is 26.2 Å². The van der Waals surface area contributed by atoms with Crippen LogP contribution in [0, 0.1) is 0 Å². The molecule has 0 radical (unpaired) electrons. The molecule has 0 unspecified atom stereocenters. The Hall–Kier alpha value is -2.02. The Labute approximate surface area is 136 Å². The van der Waals surface area contributed by atoms with Crippen LogP contribution >= 0.6 is 11.3 Å². The second-order valence-electron chi connectivity index (χ2n) is 5.30. The maximum Gasteiger partial charge on any atom is 0.418 e. The monoisotopic (exact) mass is 342 g/mol. The number of benzene rings is 1. The maximum absolute atomic E-state index is 13.2. The van der Waals surface area contributed by atoms with Crippen LogP contribution in [0.4, 0.5) is 24.5 Å². The number of hydrogen-bond acceptors (Lipinski definition) is 3. The van der Waals surface area contributed by atoms with Gasteiger partial charge in [-0.2, -0.15) is 24.5 Å². The molecule has 1 N–H and O–H groups in total. The van der Waals surface area contributed by atoms with E-state index >= 15 is 0 Å². The fraction of sp³-hybridized carbons (Fsp3) is 0.312. The lowest BCUT2D eigenvalue weighted by Crippen LogP contribution is -2.18. The number of thiophene rings is 1. The minimum absolute atomic E-state index is 0.142. The maximum atomic E-state index is 13.2. The minimum atomic E-state index is -4.53. The third-order valence-electron chi connectivity index (χ3n) is 3.32. The molecule has 0 bridgehead atoms. The molecule has 0 saturated carbocycles. The third-order valence-corrected chi connectivity index (χ3v) is 4.05. The van der Waals surface area contributed by atoms with Crippen molar-refractivity contribution in [3.8, 4) is 0 Å². The van der Waals surface area contributed by atoms with E-state index in [4.69, 9.17) is 0 Å². The van der Waals surface area contributed by atoms with Gasteiger partial charge in [0.25, 0.3) is 0 Å². The Kier molecular flexibility index (Phi) is 5.30. The van der Waals surface area contributed by atoms with Gasteiger partial charge in [0.05, 0.1) is 11.3 Å². The predicted octanol–water partition coefficient (Wildman–Crippen LogP) is 4.40. The van der Waals surface area contributed by atoms with E-state index in [1.54, 1.807) is 25.1 Å². The van der Waals surface area contributed by atoms with E-state index in [-0.39, 0.29) is 12.1 Å². The van der Waals surface area contributed by atoms with Gasteiger partial charge < -0.3 is 10.2 Å². The fourth-order valence-corrected chi connectivity index (χ4v) is 2.76. The van der Waals surface area contributed by atoms with Crippen molar-refractivity contribution in [2.24, 2.45) is 0 Å². The molecule has 1 heterocycles. The lowest BCUT2D eigenvalue weighted by atomic mass is 10.1. The minimum Gasteiger partial charge on any atom is -0.378 e. The summed E-state index contributed by atoms with van der Waals surface area (Å²) in [5.74, 6) is -0.431. The van der Waals surface area contributed by atoms with Crippen molar-refractivity contribution in [3.05, 3.63) is 46.2 Å². The molecule has 0 atom stereocenters. The molecule has 2 aromatic rings. The highest BCUT2D eigenvalue weighted by molar-refractivity contribution is 7.07. The van der Waals surface area contributed by atoms with Crippen LogP contribution in [0.25, 0.3) is 0 Å². The first kappa shape index (κ1) is 17.3. The molecule has 0 aliphatic carbocycles. The van der Waals surface area contributed by atoms with Gasteiger partial charge in [0.15, 0.2) is 0 Å². The van der Waals surface area contributed by atoms with Gasteiger partial charge in [0.1, 0.15) is 0 Å². The van der Waals surface area contributed by atoms with Crippen molar-refractivity contribution in [1.82, 2.24) is 0 Å². The number of hydrogen-bond donors (Lipinski definition) is 1. The molecule has 124 valence electrons. The molecule has 7 heteroatoms. The van der Waals surface area contributed by atoms with Gasteiger partial charge in [-0.25, -0.2) is 0 Å². The van der Waals surface area contributed by atoms with Crippen LogP contribution in [0.1, 0.15) is 17.5 Å². The smallest absolute Gasteiger partial charge is 0.378 e. The van der Waals surface area contributed by atoms with Crippen molar-refractivity contribution in [3.63, 3.8) is 0 Å². The fourth-order valence-electron chi connectivity index (χ4n) is 2.06. The highest BCUT2D eigenvalue weighted by atomic mass is 32.1. The van der Waals surface area contributed by atoms with Crippen molar-refractivity contribution in [1.29, 1.82) is 0 Å². The first-order valence-corrected chi connectivity index (χ1v) is 7.91. The summed E-state index contributed by atoms with van der Waals surface area (Å²) in [5.41, 5.74) is 0.378. The molecule has 0 fully saturated rings. The van der Waals surface area contributed by atoms with Crippen LogP contribution in [0.3, 0.4) is 0 Å². The van der Waals surface area contributed by atoms with Gasteiger partial charge in [-0.15, -0.1) is 0 Å². The first-order valence-electron chi connectivity index (χ1n) is 6.97. The molecule has 23 heavy (non-hydrogen) atoms. The Morgan fingerprint density at radius 1 is 1.26 bits per heavy atom. The Morgan fingerprint density at radius 2 is 2.00 bits per heavy atom. The molecular formula is C16H17F3N2OS. The summed E-state index contributed by atoms with van der Waals surface area (Å²) in [5, 5.41) is 6.19. The van der Waals surface area contributed by atoms with Crippen LogP contribution in [0.15, 0.2) is 35.0 Å². The van der Waals surface area contributed by atoms with Crippen LogP contribution in [-0.2, 0) is 17.4 Å². The lowest BCUT2D eigenvalue weighted by molar-refractivity contribution is -0.136. The van der Waals surface area contributed by atoms with E-state index in [2.05, 4.69) is 5.32 Å². The summed E-state index contributed by atoms with van der Waals surface area (Å²) in [7, 11) is 3.32. The van der Waals surface area contributed by atoms with E-state index in [9.17, 15) is 18.0 Å². The number of nitrogens with one attached hydrogen (secondary N) is 1. The number of alkyl halides is 3. The number of anilines is 2. The Balaban J connectivity index is 2.13. The van der Waals surface area contributed by atoms with E-state index in [0.29, 0.717) is 12.1 Å². The molecule has 0 aliphatic heterocycles. The number of carbonyl (C=O) groups is 1. The quantitative estimate of drug-likeness (QED) is 0.873. The first-order chi connectivity index (χ1) is 10.8. The number of aryl methyl sites for hydroxylation is 1. The van der Waals surface area contributed by atoms with Crippen molar-refractivity contribution in [2.75, 3.05) is 24.3 Å². The van der Waals surface area contributed by atoms with Crippen LogP contribution in [-0.4, -0.2) is 20.0 Å². The standard InChI is InChI=1S/C16H17F3N2OS/c1-21(2)12-4-5-14(13(9-12)16(17,18)19)20-15(22)6-3-11-7-8-23-10-11/h4-5,7-10H,3,6H2,1-2H3,(H,20,22). The van der Waals surface area contributed by atoms with Gasteiger partial charge >= 0.3 is 6.18 Å². The SMILES string of the molecule is CN(C)c1ccc(NC(=O)CCc2ccsc2)c(C(F)(F)F)c1. The highest BCUT2D eigenvalue weighted by Gasteiger charge is 2.34. The van der Waals surface area contributed by atoms with Crippen molar-refractivity contribution >= 4 is 28.6 Å². The second kappa shape index (κ2) is 7.04. The van der Waals surface area contributed by atoms with Crippen molar-refractivity contribution < 1.29 is 18.0 Å². The molecule has 1 aromatic heterocycles. The van der Waals surface area contributed by atoms with Crippen LogP contribution in [0.5, 0.6) is 0 Å². The molecule has 3 nitrogen and oxygen atoms in total. The summed E-state index contributed by atoms with van der Waals surface area (Å²) >= 11 is 1.52. The summed E-state index contributed by atoms with van der Waals surface area (Å²) < 4.78 is 39.5. The number of amides is 1. The number of carbonyl (C=O) groups excluding carboxylic acids is 1. The molecule has 0 aliphatic rings. The van der Waals surface area contributed by atoms with E-state index in [0.717, 1.165) is 11.6 Å². The molecule has 2 rings (SSSR count). The topological polar surface area (TPSA) is 32.3 Å². The lowest BCUT2D eigenvalue weighted by Gasteiger charge is -2.18. The summed E-state index contributed by atoms with van der Waals surface area (Å²) in [6, 6.07) is 5.77. The number of rotatable bonds is 5. The molecule has 0 saturated heterocycles. The zero-order valence-electron chi connectivity index (χ0n) is 12.8. The summed E-state index contributed by atoms with van der Waals surface area (Å²) in [6.07, 6.45) is -3.88. The van der Waals surface area contributed by atoms with E-state index in [1.807, 2.05) is 16.8 Å². The van der Waals surface area contributed by atoms with Gasteiger partial charge in [0.2, 0.25) is 5.91 Å². The molecule has 1 aromatic carbocycles. The third kappa shape index (κ3) is 4.72. The Bertz CT molecular complexity index is 666. The molecule has 1 amide bonds. The van der Waals surface area contributed by atoms with E-state index < -0.39 is 17.6 Å². The zero-order chi connectivity index (χ0) is 17.0. The summed E-state index contributed by atoms with van der Waals surface area (Å²) in [6.45, 7) is 0. The van der Waals surface area contributed by atoms with Gasteiger partial charge in [-0.1, -0.05) is 0 Å². The predicted molar refractivity (Wildman–Crippen MR) is 87.0 cm³/mol. The zero-order valence-corrected chi connectivity index (χ0v) is 13.6. The normalized spacial score (nSPS) is 11.3. The highest BCUT2D eigenvalue weighted by Crippen LogP contribution is 2.37. The van der Waals surface area contributed by atoms with Crippen LogP contribution in [0.2, 0.25) is 0 Å². The number of halogens is 3. The molecule has 0 spiro atoms. The number of nitrogens with zero attached hydrogens (tertiary/aromatic N) is 1.